The lowest BCUT2D eigenvalue weighted by Crippen LogP contribution is -2.36. The molecule has 0 radical (unpaired) electrons. The van der Waals surface area contributed by atoms with Gasteiger partial charge in [0.1, 0.15) is 5.60 Å². The average Bonchev–Trinajstić information content (AvgIpc) is 2.62. The van der Waals surface area contributed by atoms with E-state index in [0.29, 0.717) is 6.42 Å². The normalized spacial score (nSPS) is 18.8. The fourth-order valence-corrected chi connectivity index (χ4v) is 3.28. The predicted molar refractivity (Wildman–Crippen MR) is 88.6 cm³/mol. The Kier molecular flexibility index (Phi) is 4.86. The quantitative estimate of drug-likeness (QED) is 0.920. The number of benzene rings is 1. The van der Waals surface area contributed by atoms with Gasteiger partial charge in [-0.05, 0) is 44.0 Å². The average molecular weight is 296 g/mol. The third-order valence-electron chi connectivity index (χ3n) is 4.63. The third kappa shape index (κ3) is 3.37. The topological polar surface area (TPSA) is 36.4 Å². The van der Waals surface area contributed by atoms with E-state index in [-0.39, 0.29) is 0 Å². The Morgan fingerprint density at radius 2 is 1.68 bits per heavy atom. The van der Waals surface area contributed by atoms with E-state index in [9.17, 15) is 5.11 Å². The van der Waals surface area contributed by atoms with Crippen molar-refractivity contribution >= 4 is 0 Å². The number of hydrogen-bond acceptors (Lipinski definition) is 3. The molecule has 116 valence electrons. The molecule has 1 atom stereocenters. The first-order chi connectivity index (χ1) is 10.8. The summed E-state index contributed by atoms with van der Waals surface area (Å²) in [6.07, 6.45) is 8.11. The van der Waals surface area contributed by atoms with Crippen molar-refractivity contribution < 1.29 is 5.11 Å². The third-order valence-corrected chi connectivity index (χ3v) is 4.63. The number of hydrogen-bond donors (Lipinski definition) is 1. The first-order valence-electron chi connectivity index (χ1n) is 8.20. The van der Waals surface area contributed by atoms with Crippen molar-refractivity contribution in [2.24, 2.45) is 0 Å². The Hall–Kier alpha value is -1.71. The maximum Gasteiger partial charge on any atom is 0.117 e. The van der Waals surface area contributed by atoms with Crippen molar-refractivity contribution in [1.29, 1.82) is 0 Å². The van der Waals surface area contributed by atoms with Gasteiger partial charge in [-0.2, -0.15) is 0 Å². The maximum atomic E-state index is 11.4. The van der Waals surface area contributed by atoms with Crippen molar-refractivity contribution in [1.82, 2.24) is 9.88 Å². The molecule has 1 aromatic heterocycles. The Morgan fingerprint density at radius 1 is 0.955 bits per heavy atom. The molecule has 3 nitrogen and oxygen atoms in total. The second kappa shape index (κ2) is 7.03. The van der Waals surface area contributed by atoms with Crippen LogP contribution in [-0.4, -0.2) is 34.6 Å². The Balaban J connectivity index is 1.83. The molecule has 1 saturated heterocycles. The summed E-state index contributed by atoms with van der Waals surface area (Å²) in [6, 6.07) is 13.8. The highest BCUT2D eigenvalue weighted by Gasteiger charge is 2.32. The zero-order chi connectivity index (χ0) is 15.3. The van der Waals surface area contributed by atoms with E-state index in [0.717, 1.165) is 30.8 Å². The number of likely N-dealkylation sites (tertiary alicyclic amines) is 1. The summed E-state index contributed by atoms with van der Waals surface area (Å²) in [5.74, 6) is 0. The van der Waals surface area contributed by atoms with Crippen LogP contribution in [0.1, 0.15) is 36.8 Å². The van der Waals surface area contributed by atoms with E-state index in [4.69, 9.17) is 0 Å². The molecule has 3 heteroatoms. The van der Waals surface area contributed by atoms with Crippen LogP contribution in [0.3, 0.4) is 0 Å². The van der Waals surface area contributed by atoms with Crippen molar-refractivity contribution in [2.75, 3.05) is 19.6 Å². The lowest BCUT2D eigenvalue weighted by Gasteiger charge is -2.33. The van der Waals surface area contributed by atoms with Gasteiger partial charge < -0.3 is 10.0 Å². The van der Waals surface area contributed by atoms with Crippen LogP contribution < -0.4 is 0 Å². The summed E-state index contributed by atoms with van der Waals surface area (Å²) in [6.45, 7) is 3.22. The van der Waals surface area contributed by atoms with Crippen LogP contribution in [0.4, 0.5) is 0 Å². The van der Waals surface area contributed by atoms with Gasteiger partial charge in [0.05, 0.1) is 0 Å². The number of piperidine rings is 1. The molecule has 22 heavy (non-hydrogen) atoms. The number of aliphatic hydroxyl groups is 1. The molecule has 1 aromatic carbocycles. The SMILES string of the molecule is OC(CCN1CCCCC1)(c1ccccc1)c1cccnc1. The minimum atomic E-state index is -0.965. The fourth-order valence-electron chi connectivity index (χ4n) is 3.28. The van der Waals surface area contributed by atoms with E-state index in [1.54, 1.807) is 12.4 Å². The lowest BCUT2D eigenvalue weighted by molar-refractivity contribution is 0.0542. The molecule has 1 N–H and O–H groups in total. The number of rotatable bonds is 5. The molecule has 0 saturated carbocycles. The number of pyridine rings is 1. The minimum absolute atomic E-state index is 0.697. The van der Waals surface area contributed by atoms with Crippen LogP contribution in [-0.2, 0) is 5.60 Å². The summed E-state index contributed by atoms with van der Waals surface area (Å²) in [4.78, 5) is 6.66. The standard InChI is InChI=1S/C19H24N2O/c22-19(17-8-3-1-4-9-17,18-10-7-12-20-16-18)11-15-21-13-5-2-6-14-21/h1,3-4,7-10,12,16,22H,2,5-6,11,13-15H2. The molecule has 2 heterocycles. The minimum Gasteiger partial charge on any atom is -0.380 e. The second-order valence-corrected chi connectivity index (χ2v) is 6.12. The smallest absolute Gasteiger partial charge is 0.117 e. The molecular formula is C19H24N2O. The largest absolute Gasteiger partial charge is 0.380 e. The first kappa shape index (κ1) is 15.2. The predicted octanol–water partition coefficient (Wildman–Crippen LogP) is 3.19. The molecule has 1 aliphatic rings. The lowest BCUT2D eigenvalue weighted by atomic mass is 9.84. The molecule has 0 spiro atoms. The number of nitrogens with zero attached hydrogens (tertiary/aromatic N) is 2. The molecule has 1 aliphatic heterocycles. The highest BCUT2D eigenvalue weighted by molar-refractivity contribution is 5.34. The van der Waals surface area contributed by atoms with Gasteiger partial charge in [-0.3, -0.25) is 4.98 Å². The van der Waals surface area contributed by atoms with Gasteiger partial charge in [0, 0.05) is 24.5 Å². The molecule has 3 rings (SSSR count). The maximum absolute atomic E-state index is 11.4. The Labute approximate surface area is 132 Å². The van der Waals surface area contributed by atoms with Crippen LogP contribution in [0.15, 0.2) is 54.9 Å². The molecule has 0 aliphatic carbocycles. The van der Waals surface area contributed by atoms with Crippen molar-refractivity contribution in [3.63, 3.8) is 0 Å². The second-order valence-electron chi connectivity index (χ2n) is 6.12. The van der Waals surface area contributed by atoms with Crippen molar-refractivity contribution in [2.45, 2.75) is 31.3 Å². The molecule has 1 fully saturated rings. The zero-order valence-electron chi connectivity index (χ0n) is 13.0. The van der Waals surface area contributed by atoms with Crippen LogP contribution in [0.2, 0.25) is 0 Å². The van der Waals surface area contributed by atoms with Crippen molar-refractivity contribution in [3.8, 4) is 0 Å². The van der Waals surface area contributed by atoms with Crippen LogP contribution in [0.25, 0.3) is 0 Å². The zero-order valence-corrected chi connectivity index (χ0v) is 13.0. The number of aromatic nitrogens is 1. The monoisotopic (exact) mass is 296 g/mol. The molecule has 0 bridgehead atoms. The highest BCUT2D eigenvalue weighted by atomic mass is 16.3. The molecule has 1 unspecified atom stereocenters. The molecule has 0 amide bonds. The summed E-state index contributed by atoms with van der Waals surface area (Å²) in [5, 5.41) is 11.4. The highest BCUT2D eigenvalue weighted by Crippen LogP contribution is 2.33. The van der Waals surface area contributed by atoms with E-state index in [1.807, 2.05) is 42.5 Å². The van der Waals surface area contributed by atoms with Gasteiger partial charge in [0.15, 0.2) is 0 Å². The van der Waals surface area contributed by atoms with Crippen molar-refractivity contribution in [3.05, 3.63) is 66.0 Å². The van der Waals surface area contributed by atoms with Gasteiger partial charge in [-0.15, -0.1) is 0 Å². The van der Waals surface area contributed by atoms with Crippen LogP contribution in [0, 0.1) is 0 Å². The van der Waals surface area contributed by atoms with E-state index >= 15 is 0 Å². The van der Waals surface area contributed by atoms with Crippen LogP contribution in [0.5, 0.6) is 0 Å². The summed E-state index contributed by atoms with van der Waals surface area (Å²) >= 11 is 0. The van der Waals surface area contributed by atoms with E-state index in [2.05, 4.69) is 9.88 Å². The summed E-state index contributed by atoms with van der Waals surface area (Å²) in [5.41, 5.74) is 0.852. The van der Waals surface area contributed by atoms with E-state index < -0.39 is 5.60 Å². The van der Waals surface area contributed by atoms with E-state index in [1.165, 1.54) is 19.3 Å². The first-order valence-corrected chi connectivity index (χ1v) is 8.20. The Bertz CT molecular complexity index is 525. The van der Waals surface area contributed by atoms with Gasteiger partial charge in [-0.25, -0.2) is 0 Å². The molecule has 2 aromatic rings. The fraction of sp³-hybridized carbons (Fsp3) is 0.421. The van der Waals surface area contributed by atoms with Gasteiger partial charge >= 0.3 is 0 Å². The Morgan fingerprint density at radius 3 is 2.36 bits per heavy atom. The van der Waals surface area contributed by atoms with Gasteiger partial charge in [0.2, 0.25) is 0 Å². The van der Waals surface area contributed by atoms with Crippen LogP contribution >= 0.6 is 0 Å². The molecular weight excluding hydrogens is 272 g/mol. The summed E-state index contributed by atoms with van der Waals surface area (Å²) < 4.78 is 0. The van der Waals surface area contributed by atoms with Gasteiger partial charge in [0.25, 0.3) is 0 Å². The van der Waals surface area contributed by atoms with Gasteiger partial charge in [-0.1, -0.05) is 42.8 Å². The summed E-state index contributed by atoms with van der Waals surface area (Å²) in [7, 11) is 0.